The molecule has 0 aliphatic heterocycles. The van der Waals surface area contributed by atoms with Gasteiger partial charge in [0, 0.05) is 16.5 Å². The van der Waals surface area contributed by atoms with Gasteiger partial charge in [0.05, 0.1) is 11.3 Å². The molecule has 1 aromatic carbocycles. The first kappa shape index (κ1) is 17.5. The zero-order chi connectivity index (χ0) is 17.1. The number of carbonyl (C=O) groups excluding carboxylic acids is 1. The van der Waals surface area contributed by atoms with Crippen LogP contribution in [-0.4, -0.2) is 26.5 Å². The lowest BCUT2D eigenvalue weighted by atomic mass is 10.1. The number of aromatic amines is 1. The van der Waals surface area contributed by atoms with Crippen molar-refractivity contribution in [2.45, 2.75) is 18.0 Å². The fraction of sp³-hybridized carbons (Fsp3) is 0.188. The molecule has 0 saturated heterocycles. The summed E-state index contributed by atoms with van der Waals surface area (Å²) in [7, 11) is 0. The number of thioether (sulfide) groups is 1. The number of benzene rings is 1. The van der Waals surface area contributed by atoms with Crippen molar-refractivity contribution < 1.29 is 4.79 Å². The highest BCUT2D eigenvalue weighted by Crippen LogP contribution is 2.22. The van der Waals surface area contributed by atoms with Crippen LogP contribution in [0.5, 0.6) is 0 Å². The van der Waals surface area contributed by atoms with Crippen LogP contribution >= 0.6 is 46.6 Å². The summed E-state index contributed by atoms with van der Waals surface area (Å²) >= 11 is 19.1. The minimum atomic E-state index is 0.127. The van der Waals surface area contributed by atoms with Gasteiger partial charge in [-0.15, -0.1) is 0 Å². The maximum atomic E-state index is 12.1. The number of ketones is 1. The molecule has 1 N–H and O–H groups in total. The van der Waals surface area contributed by atoms with Gasteiger partial charge < -0.3 is 4.98 Å². The molecule has 2 heterocycles. The third-order valence-corrected chi connectivity index (χ3v) is 4.85. The van der Waals surface area contributed by atoms with Gasteiger partial charge in [-0.05, 0) is 42.3 Å². The highest BCUT2D eigenvalue weighted by atomic mass is 35.5. The van der Waals surface area contributed by atoms with Crippen molar-refractivity contribution in [2.75, 3.05) is 5.75 Å². The molecule has 0 aliphatic rings. The fourth-order valence-corrected chi connectivity index (χ4v) is 3.67. The standard InChI is InChI=1S/C16H12Cl3N3OS/c17-10-5-9(6-11(18)7-10)1-2-12(23)8-24-16-20-13-3-4-14(19)21-15(13)22-16/h3-7H,1-2,8H2,(H,20,21,22). The lowest BCUT2D eigenvalue weighted by molar-refractivity contribution is -0.116. The van der Waals surface area contributed by atoms with E-state index < -0.39 is 0 Å². The SMILES string of the molecule is O=C(CCc1cc(Cl)cc(Cl)c1)CSc1nc2nc(Cl)ccc2[nH]1. The van der Waals surface area contributed by atoms with Crippen molar-refractivity contribution in [3.05, 3.63) is 51.1 Å². The zero-order valence-electron chi connectivity index (χ0n) is 12.4. The van der Waals surface area contributed by atoms with Crippen LogP contribution in [0.1, 0.15) is 12.0 Å². The first-order chi connectivity index (χ1) is 11.5. The summed E-state index contributed by atoms with van der Waals surface area (Å²) in [5, 5.41) is 2.20. The summed E-state index contributed by atoms with van der Waals surface area (Å²) in [5.74, 6) is 0.463. The maximum absolute atomic E-state index is 12.1. The molecule has 0 bridgehead atoms. The molecular weight excluding hydrogens is 389 g/mol. The lowest BCUT2D eigenvalue weighted by Gasteiger charge is -2.03. The van der Waals surface area contributed by atoms with Gasteiger partial charge >= 0.3 is 0 Å². The molecule has 3 aromatic rings. The molecule has 0 aliphatic carbocycles. The average molecular weight is 401 g/mol. The number of carbonyl (C=O) groups is 1. The van der Waals surface area contributed by atoms with E-state index in [4.69, 9.17) is 34.8 Å². The van der Waals surface area contributed by atoms with E-state index in [-0.39, 0.29) is 5.78 Å². The van der Waals surface area contributed by atoms with Gasteiger partial charge in [-0.25, -0.2) is 9.97 Å². The molecule has 2 aromatic heterocycles. The van der Waals surface area contributed by atoms with Crippen LogP contribution in [0.25, 0.3) is 11.2 Å². The van der Waals surface area contributed by atoms with Gasteiger partial charge in [-0.1, -0.05) is 46.6 Å². The third-order valence-electron chi connectivity index (χ3n) is 3.27. The minimum absolute atomic E-state index is 0.127. The number of aromatic nitrogens is 3. The maximum Gasteiger partial charge on any atom is 0.180 e. The summed E-state index contributed by atoms with van der Waals surface area (Å²) in [5.41, 5.74) is 2.29. The number of H-pyrrole nitrogens is 1. The second-order valence-corrected chi connectivity index (χ2v) is 7.38. The molecule has 0 atom stereocenters. The monoisotopic (exact) mass is 399 g/mol. The van der Waals surface area contributed by atoms with E-state index in [9.17, 15) is 4.79 Å². The van der Waals surface area contributed by atoms with Gasteiger partial charge in [0.1, 0.15) is 10.9 Å². The fourth-order valence-electron chi connectivity index (χ4n) is 2.18. The second-order valence-electron chi connectivity index (χ2n) is 5.15. The number of fused-ring (bicyclic) bond motifs is 1. The molecule has 0 unspecified atom stereocenters. The van der Waals surface area contributed by atoms with E-state index in [2.05, 4.69) is 15.0 Å². The van der Waals surface area contributed by atoms with Crippen LogP contribution < -0.4 is 0 Å². The summed E-state index contributed by atoms with van der Waals surface area (Å²) in [4.78, 5) is 23.6. The number of hydrogen-bond donors (Lipinski definition) is 1. The van der Waals surface area contributed by atoms with Gasteiger partial charge in [-0.3, -0.25) is 4.79 Å². The topological polar surface area (TPSA) is 58.6 Å². The van der Waals surface area contributed by atoms with E-state index in [1.165, 1.54) is 11.8 Å². The Hall–Kier alpha value is -1.27. The van der Waals surface area contributed by atoms with Crippen LogP contribution in [0, 0.1) is 0 Å². The van der Waals surface area contributed by atoms with Gasteiger partial charge in [0.2, 0.25) is 0 Å². The minimum Gasteiger partial charge on any atom is -0.332 e. The van der Waals surface area contributed by atoms with Gasteiger partial charge in [0.25, 0.3) is 0 Å². The Morgan fingerprint density at radius 3 is 2.58 bits per heavy atom. The number of hydrogen-bond acceptors (Lipinski definition) is 4. The molecule has 0 spiro atoms. The van der Waals surface area contributed by atoms with Crippen molar-refractivity contribution in [2.24, 2.45) is 0 Å². The Morgan fingerprint density at radius 1 is 1.08 bits per heavy atom. The molecule has 8 heteroatoms. The quantitative estimate of drug-likeness (QED) is 0.455. The normalized spacial score (nSPS) is 11.1. The average Bonchev–Trinajstić information content (AvgIpc) is 2.92. The summed E-state index contributed by atoms with van der Waals surface area (Å²) in [6.07, 6.45) is 1.03. The zero-order valence-corrected chi connectivity index (χ0v) is 15.4. The van der Waals surface area contributed by atoms with Crippen LogP contribution in [0.2, 0.25) is 15.2 Å². The number of halogens is 3. The van der Waals surface area contributed by atoms with Crippen LogP contribution in [0.4, 0.5) is 0 Å². The molecule has 3 rings (SSSR count). The smallest absolute Gasteiger partial charge is 0.180 e. The van der Waals surface area contributed by atoms with Crippen molar-refractivity contribution in [3.63, 3.8) is 0 Å². The summed E-state index contributed by atoms with van der Waals surface area (Å²) < 4.78 is 0. The van der Waals surface area contributed by atoms with Gasteiger partial charge in [-0.2, -0.15) is 0 Å². The van der Waals surface area contributed by atoms with Crippen molar-refractivity contribution in [3.8, 4) is 0 Å². The van der Waals surface area contributed by atoms with Crippen molar-refractivity contribution in [1.82, 2.24) is 15.0 Å². The molecule has 124 valence electrons. The van der Waals surface area contributed by atoms with E-state index in [1.54, 1.807) is 12.1 Å². The number of pyridine rings is 1. The second kappa shape index (κ2) is 7.74. The predicted molar refractivity (Wildman–Crippen MR) is 99.4 cm³/mol. The molecule has 0 radical (unpaired) electrons. The molecular formula is C16H12Cl3N3OS. The summed E-state index contributed by atoms with van der Waals surface area (Å²) in [6.45, 7) is 0. The predicted octanol–water partition coefficient (Wildman–Crippen LogP) is 5.21. The van der Waals surface area contributed by atoms with E-state index in [0.717, 1.165) is 11.1 Å². The van der Waals surface area contributed by atoms with Crippen LogP contribution in [0.15, 0.2) is 35.5 Å². The number of nitrogens with zero attached hydrogens (tertiary/aromatic N) is 2. The Labute approximate surface area is 157 Å². The van der Waals surface area contributed by atoms with Crippen molar-refractivity contribution >= 4 is 63.5 Å². The van der Waals surface area contributed by atoms with E-state index in [0.29, 0.717) is 44.6 Å². The number of rotatable bonds is 6. The van der Waals surface area contributed by atoms with Crippen LogP contribution in [0.3, 0.4) is 0 Å². The highest BCUT2D eigenvalue weighted by Gasteiger charge is 2.09. The number of nitrogens with one attached hydrogen (secondary N) is 1. The van der Waals surface area contributed by atoms with E-state index in [1.807, 2.05) is 18.2 Å². The van der Waals surface area contributed by atoms with Crippen molar-refractivity contribution in [1.29, 1.82) is 0 Å². The Morgan fingerprint density at radius 2 is 1.83 bits per heavy atom. The molecule has 0 saturated carbocycles. The van der Waals surface area contributed by atoms with Crippen LogP contribution in [-0.2, 0) is 11.2 Å². The lowest BCUT2D eigenvalue weighted by Crippen LogP contribution is -2.03. The molecule has 4 nitrogen and oxygen atoms in total. The third kappa shape index (κ3) is 4.63. The van der Waals surface area contributed by atoms with E-state index >= 15 is 0 Å². The molecule has 0 fully saturated rings. The largest absolute Gasteiger partial charge is 0.332 e. The number of Topliss-reactive ketones (excluding diaryl/α,β-unsaturated/α-hetero) is 1. The molecule has 24 heavy (non-hydrogen) atoms. The number of imidazole rings is 1. The first-order valence-electron chi connectivity index (χ1n) is 7.11. The Balaban J connectivity index is 1.54. The Kier molecular flexibility index (Phi) is 5.66. The highest BCUT2D eigenvalue weighted by molar-refractivity contribution is 7.99. The first-order valence-corrected chi connectivity index (χ1v) is 9.23. The molecule has 0 amide bonds. The Bertz CT molecular complexity index is 877. The number of aryl methyl sites for hydroxylation is 1. The summed E-state index contributed by atoms with van der Waals surface area (Å²) in [6, 6.07) is 8.82. The van der Waals surface area contributed by atoms with Gasteiger partial charge in [0.15, 0.2) is 10.8 Å².